The highest BCUT2D eigenvalue weighted by Crippen LogP contribution is 2.42. The van der Waals surface area contributed by atoms with Crippen LogP contribution in [0.2, 0.25) is 14.6 Å². The van der Waals surface area contributed by atoms with Gasteiger partial charge in [-0.3, -0.25) is 0 Å². The number of hydrogen-bond donors (Lipinski definition) is 1. The van der Waals surface area contributed by atoms with Gasteiger partial charge in [-0.05, 0) is 43.0 Å². The Hall–Kier alpha value is -0.480. The predicted octanol–water partition coefficient (Wildman–Crippen LogP) is 5.51. The van der Waals surface area contributed by atoms with Crippen LogP contribution in [0.1, 0.15) is 28.5 Å². The van der Waals surface area contributed by atoms with Crippen LogP contribution in [0, 0.1) is 6.92 Å². The van der Waals surface area contributed by atoms with Gasteiger partial charge in [0.15, 0.2) is 5.15 Å². The summed E-state index contributed by atoms with van der Waals surface area (Å²) in [5.41, 5.74) is 3.13. The van der Waals surface area contributed by atoms with Crippen molar-refractivity contribution >= 4 is 51.8 Å². The number of nitrogens with zero attached hydrogens (tertiary/aromatic N) is 1. The van der Waals surface area contributed by atoms with Crippen molar-refractivity contribution in [3.63, 3.8) is 0 Å². The number of aryl methyl sites for hydroxylation is 2. The second-order valence-electron chi connectivity index (χ2n) is 4.59. The topological polar surface area (TPSA) is 24.9 Å². The number of anilines is 1. The van der Waals surface area contributed by atoms with Crippen LogP contribution in [-0.4, -0.2) is 4.98 Å². The molecule has 0 aromatic carbocycles. The van der Waals surface area contributed by atoms with Crippen molar-refractivity contribution in [2.45, 2.75) is 25.8 Å². The predicted molar refractivity (Wildman–Crippen MR) is 83.0 cm³/mol. The molecule has 1 unspecified atom stereocenters. The number of pyridine rings is 1. The van der Waals surface area contributed by atoms with Crippen molar-refractivity contribution in [2.24, 2.45) is 0 Å². The smallest absolute Gasteiger partial charge is 0.154 e. The number of fused-ring (bicyclic) bond motifs is 1. The maximum absolute atomic E-state index is 6.16. The van der Waals surface area contributed by atoms with Gasteiger partial charge in [0.1, 0.15) is 5.15 Å². The van der Waals surface area contributed by atoms with Gasteiger partial charge < -0.3 is 5.32 Å². The lowest BCUT2D eigenvalue weighted by molar-refractivity contribution is 0.760. The number of halogens is 3. The molecule has 6 heteroatoms. The molecule has 0 saturated heterocycles. The average Bonchev–Trinajstić information content (AvgIpc) is 2.83. The molecule has 0 bridgehead atoms. The molecule has 0 amide bonds. The zero-order valence-corrected chi connectivity index (χ0v) is 13.2. The van der Waals surface area contributed by atoms with Crippen LogP contribution in [0.5, 0.6) is 0 Å². The van der Waals surface area contributed by atoms with Gasteiger partial charge in [0, 0.05) is 4.88 Å². The Balaban J connectivity index is 1.91. The van der Waals surface area contributed by atoms with Gasteiger partial charge in [-0.1, -0.05) is 34.8 Å². The Morgan fingerprint density at radius 2 is 2.11 bits per heavy atom. The minimum Gasteiger partial charge on any atom is -0.375 e. The van der Waals surface area contributed by atoms with Gasteiger partial charge >= 0.3 is 0 Å². The van der Waals surface area contributed by atoms with E-state index >= 15 is 0 Å². The van der Waals surface area contributed by atoms with E-state index in [1.807, 2.05) is 19.1 Å². The molecule has 3 rings (SSSR count). The summed E-state index contributed by atoms with van der Waals surface area (Å²) in [7, 11) is 0. The molecule has 0 spiro atoms. The van der Waals surface area contributed by atoms with Gasteiger partial charge in [0.25, 0.3) is 0 Å². The molecule has 2 aromatic rings. The van der Waals surface area contributed by atoms with E-state index in [1.165, 1.54) is 10.4 Å². The van der Waals surface area contributed by atoms with Gasteiger partial charge in [-0.15, -0.1) is 11.3 Å². The fourth-order valence-corrected chi connectivity index (χ4v) is 4.37. The highest BCUT2D eigenvalue weighted by atomic mass is 35.5. The third-order valence-electron chi connectivity index (χ3n) is 3.31. The molecule has 1 aliphatic rings. The quantitative estimate of drug-likeness (QED) is 0.733. The van der Waals surface area contributed by atoms with E-state index in [9.17, 15) is 0 Å². The van der Waals surface area contributed by atoms with Gasteiger partial charge in [-0.25, -0.2) is 4.98 Å². The molecule has 19 heavy (non-hydrogen) atoms. The third-order valence-corrected chi connectivity index (χ3v) is 5.11. The van der Waals surface area contributed by atoms with E-state index in [2.05, 4.69) is 10.3 Å². The molecule has 1 atom stereocenters. The maximum Gasteiger partial charge on any atom is 0.154 e. The van der Waals surface area contributed by atoms with Crippen molar-refractivity contribution in [1.29, 1.82) is 0 Å². The summed E-state index contributed by atoms with van der Waals surface area (Å²) in [6.45, 7) is 1.97. The van der Waals surface area contributed by atoms with Crippen molar-refractivity contribution in [3.8, 4) is 0 Å². The minimum atomic E-state index is 0.248. The monoisotopic (exact) mass is 332 g/mol. The van der Waals surface area contributed by atoms with E-state index < -0.39 is 0 Å². The fourth-order valence-electron chi connectivity index (χ4n) is 2.42. The molecule has 2 nitrogen and oxygen atoms in total. The molecule has 0 aliphatic heterocycles. The zero-order chi connectivity index (χ0) is 13.6. The van der Waals surface area contributed by atoms with E-state index in [4.69, 9.17) is 34.8 Å². The first-order valence-corrected chi connectivity index (χ1v) is 7.87. The normalized spacial score (nSPS) is 17.6. The standard InChI is InChI=1S/C13H11Cl3N2S/c1-6-4-10(14)18-13(16)12(6)17-8-2-3-9-7(8)5-11(15)19-9/h4-5,8,17H,2-3H2,1H3. The number of aromatic nitrogens is 1. The minimum absolute atomic E-state index is 0.248. The van der Waals surface area contributed by atoms with E-state index in [0.717, 1.165) is 28.4 Å². The van der Waals surface area contributed by atoms with Crippen LogP contribution in [0.15, 0.2) is 12.1 Å². The third kappa shape index (κ3) is 2.57. The average molecular weight is 334 g/mol. The second-order valence-corrected chi connectivity index (χ2v) is 7.11. The summed E-state index contributed by atoms with van der Waals surface area (Å²) in [4.78, 5) is 5.44. The molecule has 100 valence electrons. The lowest BCUT2D eigenvalue weighted by atomic mass is 10.1. The van der Waals surface area contributed by atoms with E-state index in [1.54, 1.807) is 11.3 Å². The van der Waals surface area contributed by atoms with Crippen molar-refractivity contribution in [1.82, 2.24) is 4.98 Å². The van der Waals surface area contributed by atoms with E-state index in [-0.39, 0.29) is 6.04 Å². The summed E-state index contributed by atoms with van der Waals surface area (Å²) in [5.74, 6) is 0. The molecule has 0 radical (unpaired) electrons. The highest BCUT2D eigenvalue weighted by Gasteiger charge is 2.26. The van der Waals surface area contributed by atoms with Crippen molar-refractivity contribution in [2.75, 3.05) is 5.32 Å². The number of rotatable bonds is 2. The van der Waals surface area contributed by atoms with Crippen LogP contribution in [-0.2, 0) is 6.42 Å². The van der Waals surface area contributed by atoms with Crippen molar-refractivity contribution < 1.29 is 0 Å². The highest BCUT2D eigenvalue weighted by molar-refractivity contribution is 7.16. The Bertz CT molecular complexity index is 616. The van der Waals surface area contributed by atoms with Gasteiger partial charge in [0.05, 0.1) is 16.1 Å². The van der Waals surface area contributed by atoms with Crippen LogP contribution < -0.4 is 5.32 Å². The summed E-state index contributed by atoms with van der Waals surface area (Å²) in [6.07, 6.45) is 2.11. The van der Waals surface area contributed by atoms with Gasteiger partial charge in [0.2, 0.25) is 0 Å². The Morgan fingerprint density at radius 3 is 2.84 bits per heavy atom. The molecule has 0 saturated carbocycles. The fraction of sp³-hybridized carbons (Fsp3) is 0.308. The molecule has 1 aliphatic carbocycles. The Morgan fingerprint density at radius 1 is 1.32 bits per heavy atom. The summed E-state index contributed by atoms with van der Waals surface area (Å²) in [6, 6.07) is 4.10. The Kier molecular flexibility index (Phi) is 3.65. The molecular weight excluding hydrogens is 323 g/mol. The van der Waals surface area contributed by atoms with Crippen molar-refractivity contribution in [3.05, 3.63) is 42.8 Å². The van der Waals surface area contributed by atoms with Gasteiger partial charge in [-0.2, -0.15) is 0 Å². The summed E-state index contributed by atoms with van der Waals surface area (Å²) >= 11 is 19.8. The largest absolute Gasteiger partial charge is 0.375 e. The Labute approximate surface area is 130 Å². The number of hydrogen-bond acceptors (Lipinski definition) is 3. The van der Waals surface area contributed by atoms with E-state index in [0.29, 0.717) is 10.3 Å². The lowest BCUT2D eigenvalue weighted by Crippen LogP contribution is -2.09. The summed E-state index contributed by atoms with van der Waals surface area (Å²) < 4.78 is 0.841. The first-order chi connectivity index (χ1) is 9.04. The number of nitrogens with one attached hydrogen (secondary N) is 1. The first kappa shape index (κ1) is 13.5. The molecule has 2 heterocycles. The summed E-state index contributed by atoms with van der Waals surface area (Å²) in [5, 5.41) is 4.30. The maximum atomic E-state index is 6.16. The van der Waals surface area contributed by atoms with Crippen LogP contribution in [0.25, 0.3) is 0 Å². The second kappa shape index (κ2) is 5.13. The number of thiophene rings is 1. The first-order valence-electron chi connectivity index (χ1n) is 5.92. The lowest BCUT2D eigenvalue weighted by Gasteiger charge is -2.17. The molecule has 2 aromatic heterocycles. The van der Waals surface area contributed by atoms with Crippen LogP contribution in [0.3, 0.4) is 0 Å². The molecular formula is C13H11Cl3N2S. The van der Waals surface area contributed by atoms with Crippen LogP contribution >= 0.6 is 46.1 Å². The zero-order valence-electron chi connectivity index (χ0n) is 10.1. The molecule has 1 N–H and O–H groups in total. The SMILES string of the molecule is Cc1cc(Cl)nc(Cl)c1NC1CCc2sc(Cl)cc21. The van der Waals surface area contributed by atoms with Crippen LogP contribution in [0.4, 0.5) is 5.69 Å². The molecule has 0 fully saturated rings.